The molecule has 0 spiro atoms. The molecule has 4 nitrogen and oxygen atoms in total. The summed E-state index contributed by atoms with van der Waals surface area (Å²) in [6.07, 6.45) is 1.57. The first-order chi connectivity index (χ1) is 8.58. The van der Waals surface area contributed by atoms with Crippen LogP contribution in [0.3, 0.4) is 0 Å². The molecular weight excluding hydrogens is 316 g/mol. The summed E-state index contributed by atoms with van der Waals surface area (Å²) in [5.41, 5.74) is 1.04. The summed E-state index contributed by atoms with van der Waals surface area (Å²) < 4.78 is 0.923. The number of halogens is 1. The molecule has 2 rings (SSSR count). The van der Waals surface area contributed by atoms with Gasteiger partial charge >= 0.3 is 5.97 Å². The lowest BCUT2D eigenvalue weighted by Crippen LogP contribution is -2.00. The number of carbonyl (C=O) groups is 1. The van der Waals surface area contributed by atoms with Crippen molar-refractivity contribution in [2.75, 3.05) is 0 Å². The fraction of sp³-hybridized carbons (Fsp3) is 0.0833. The molecule has 0 aliphatic heterocycles. The second-order valence-electron chi connectivity index (χ2n) is 3.48. The molecule has 6 heteroatoms. The van der Waals surface area contributed by atoms with Gasteiger partial charge in [0, 0.05) is 10.7 Å². The number of aromatic carboxylic acids is 1. The number of pyridine rings is 2. The highest BCUT2D eigenvalue weighted by Crippen LogP contribution is 2.28. The zero-order valence-electron chi connectivity index (χ0n) is 9.42. The first-order valence-electron chi connectivity index (χ1n) is 5.07. The number of nitrogens with zero attached hydrogens (tertiary/aromatic N) is 2. The van der Waals surface area contributed by atoms with E-state index in [4.69, 9.17) is 5.11 Å². The monoisotopic (exact) mass is 324 g/mol. The van der Waals surface area contributed by atoms with Gasteiger partial charge in [-0.1, -0.05) is 0 Å². The third-order valence-corrected chi connectivity index (χ3v) is 3.99. The minimum absolute atomic E-state index is 0.185. The van der Waals surface area contributed by atoms with E-state index >= 15 is 0 Å². The van der Waals surface area contributed by atoms with Gasteiger partial charge in [0.15, 0.2) is 0 Å². The van der Waals surface area contributed by atoms with Crippen LogP contribution in [0.4, 0.5) is 0 Å². The van der Waals surface area contributed by atoms with Crippen molar-refractivity contribution < 1.29 is 9.90 Å². The Morgan fingerprint density at radius 2 is 2.17 bits per heavy atom. The summed E-state index contributed by atoms with van der Waals surface area (Å²) in [6, 6.07) is 6.84. The number of carboxylic acid groups (broad SMARTS) is 1. The van der Waals surface area contributed by atoms with Crippen molar-refractivity contribution in [3.8, 4) is 0 Å². The van der Waals surface area contributed by atoms with Crippen molar-refractivity contribution in [3.05, 3.63) is 46.2 Å². The summed E-state index contributed by atoms with van der Waals surface area (Å²) in [5, 5.41) is 10.2. The predicted octanol–water partition coefficient (Wildman–Crippen LogP) is 3.40. The Balaban J connectivity index is 2.34. The molecule has 0 fully saturated rings. The summed E-state index contributed by atoms with van der Waals surface area (Å²) in [4.78, 5) is 19.5. The van der Waals surface area contributed by atoms with Crippen molar-refractivity contribution >= 4 is 33.7 Å². The second kappa shape index (κ2) is 5.49. The smallest absolute Gasteiger partial charge is 0.338 e. The molecule has 2 aromatic rings. The van der Waals surface area contributed by atoms with Gasteiger partial charge in [0.05, 0.1) is 11.3 Å². The van der Waals surface area contributed by atoms with E-state index in [1.165, 1.54) is 17.8 Å². The maximum Gasteiger partial charge on any atom is 0.338 e. The van der Waals surface area contributed by atoms with E-state index in [9.17, 15) is 4.79 Å². The van der Waals surface area contributed by atoms with Crippen LogP contribution in [0.15, 0.2) is 45.0 Å². The molecule has 0 saturated heterocycles. The van der Waals surface area contributed by atoms with E-state index in [2.05, 4.69) is 25.9 Å². The van der Waals surface area contributed by atoms with Crippen LogP contribution in [0.1, 0.15) is 16.1 Å². The minimum atomic E-state index is -0.987. The molecule has 0 aliphatic rings. The van der Waals surface area contributed by atoms with E-state index < -0.39 is 5.97 Å². The molecule has 92 valence electrons. The molecule has 0 saturated carbocycles. The lowest BCUT2D eigenvalue weighted by atomic mass is 10.3. The lowest BCUT2D eigenvalue weighted by Gasteiger charge is -2.05. The van der Waals surface area contributed by atoms with Gasteiger partial charge < -0.3 is 5.11 Å². The van der Waals surface area contributed by atoms with E-state index in [0.717, 1.165) is 15.2 Å². The number of hydrogen-bond donors (Lipinski definition) is 1. The third kappa shape index (κ3) is 2.88. The Kier molecular flexibility index (Phi) is 3.98. The first-order valence-corrected chi connectivity index (χ1v) is 6.68. The van der Waals surface area contributed by atoms with Crippen LogP contribution in [0.5, 0.6) is 0 Å². The van der Waals surface area contributed by atoms with E-state index in [1.54, 1.807) is 12.3 Å². The first kappa shape index (κ1) is 13.0. The zero-order chi connectivity index (χ0) is 13.1. The van der Waals surface area contributed by atoms with Crippen molar-refractivity contribution in [3.63, 3.8) is 0 Å². The van der Waals surface area contributed by atoms with Crippen LogP contribution in [0.25, 0.3) is 0 Å². The Bertz CT molecular complexity index is 604. The van der Waals surface area contributed by atoms with Gasteiger partial charge in [-0.25, -0.2) is 14.8 Å². The van der Waals surface area contributed by atoms with Gasteiger partial charge in [-0.2, -0.15) is 0 Å². The topological polar surface area (TPSA) is 63.1 Å². The maximum atomic E-state index is 11.1. The van der Waals surface area contributed by atoms with Crippen LogP contribution in [-0.2, 0) is 0 Å². The van der Waals surface area contributed by atoms with Crippen LogP contribution >= 0.6 is 27.7 Å². The summed E-state index contributed by atoms with van der Waals surface area (Å²) in [6.45, 7) is 1.88. The molecule has 0 amide bonds. The highest BCUT2D eigenvalue weighted by atomic mass is 79.9. The van der Waals surface area contributed by atoms with Crippen molar-refractivity contribution in [2.45, 2.75) is 17.0 Å². The van der Waals surface area contributed by atoms with Crippen molar-refractivity contribution in [1.29, 1.82) is 0 Å². The minimum Gasteiger partial charge on any atom is -0.478 e. The van der Waals surface area contributed by atoms with Gasteiger partial charge in [0.2, 0.25) is 0 Å². The average Bonchev–Trinajstić information content (AvgIpc) is 2.34. The second-order valence-corrected chi connectivity index (χ2v) is 5.34. The predicted molar refractivity (Wildman–Crippen MR) is 72.0 cm³/mol. The summed E-state index contributed by atoms with van der Waals surface area (Å²) in [7, 11) is 0. The van der Waals surface area contributed by atoms with Crippen molar-refractivity contribution in [2.24, 2.45) is 0 Å². The molecule has 0 aromatic carbocycles. The Morgan fingerprint density at radius 1 is 1.39 bits per heavy atom. The number of rotatable bonds is 3. The fourth-order valence-corrected chi connectivity index (χ4v) is 2.43. The molecule has 0 aliphatic carbocycles. The molecule has 1 N–H and O–H groups in total. The summed E-state index contributed by atoms with van der Waals surface area (Å²) >= 11 is 4.61. The number of carboxylic acids is 1. The number of aryl methyl sites for hydroxylation is 1. The maximum absolute atomic E-state index is 11.1. The van der Waals surface area contributed by atoms with Crippen LogP contribution < -0.4 is 0 Å². The molecule has 2 heterocycles. The highest BCUT2D eigenvalue weighted by molar-refractivity contribution is 9.10. The molecule has 0 bridgehead atoms. The SMILES string of the molecule is Cc1nc(Sc2ncccc2C(=O)O)ccc1Br. The third-order valence-electron chi connectivity index (χ3n) is 2.20. The molecular formula is C12H9BrN2O2S. The Labute approximate surface area is 117 Å². The average molecular weight is 325 g/mol. The van der Waals surface area contributed by atoms with Crippen molar-refractivity contribution in [1.82, 2.24) is 9.97 Å². The van der Waals surface area contributed by atoms with E-state index in [1.807, 2.05) is 19.1 Å². The molecule has 18 heavy (non-hydrogen) atoms. The standard InChI is InChI=1S/C12H9BrN2O2S/c1-7-9(13)4-5-10(15-7)18-11-8(12(16)17)3-2-6-14-11/h2-6H,1H3,(H,16,17). The Morgan fingerprint density at radius 3 is 2.83 bits per heavy atom. The van der Waals surface area contributed by atoms with Gasteiger partial charge in [-0.05, 0) is 58.9 Å². The Hall–Kier alpha value is -1.40. The van der Waals surface area contributed by atoms with Crippen LogP contribution in [-0.4, -0.2) is 21.0 Å². The molecule has 0 unspecified atom stereocenters. The van der Waals surface area contributed by atoms with Gasteiger partial charge in [-0.3, -0.25) is 0 Å². The van der Waals surface area contributed by atoms with Gasteiger partial charge in [-0.15, -0.1) is 0 Å². The van der Waals surface area contributed by atoms with E-state index in [-0.39, 0.29) is 5.56 Å². The van der Waals surface area contributed by atoms with Gasteiger partial charge in [0.25, 0.3) is 0 Å². The molecule has 0 atom stereocenters. The van der Waals surface area contributed by atoms with Crippen LogP contribution in [0.2, 0.25) is 0 Å². The van der Waals surface area contributed by atoms with Crippen LogP contribution in [0, 0.1) is 6.92 Å². The lowest BCUT2D eigenvalue weighted by molar-refractivity contribution is 0.0692. The molecule has 2 aromatic heterocycles. The quantitative estimate of drug-likeness (QED) is 0.937. The largest absolute Gasteiger partial charge is 0.478 e. The van der Waals surface area contributed by atoms with Gasteiger partial charge in [0.1, 0.15) is 10.1 Å². The number of aromatic nitrogens is 2. The molecule has 0 radical (unpaired) electrons. The zero-order valence-corrected chi connectivity index (χ0v) is 11.8. The highest BCUT2D eigenvalue weighted by Gasteiger charge is 2.12. The number of hydrogen-bond acceptors (Lipinski definition) is 4. The summed E-state index contributed by atoms with van der Waals surface area (Å²) in [5.74, 6) is -0.987. The van der Waals surface area contributed by atoms with E-state index in [0.29, 0.717) is 5.03 Å². The normalized spacial score (nSPS) is 10.3. The fourth-order valence-electron chi connectivity index (χ4n) is 1.31.